The van der Waals surface area contributed by atoms with Gasteiger partial charge in [0.1, 0.15) is 11.3 Å². The Kier molecular flexibility index (Phi) is 5.17. The Hall–Kier alpha value is -3.99. The average molecular weight is 450 g/mol. The van der Waals surface area contributed by atoms with E-state index >= 15 is 0 Å². The number of benzene rings is 2. The number of fused-ring (bicyclic) bond motifs is 2. The highest BCUT2D eigenvalue weighted by Gasteiger charge is 2.21. The summed E-state index contributed by atoms with van der Waals surface area (Å²) in [4.78, 5) is 24.2. The molecule has 3 heterocycles. The van der Waals surface area contributed by atoms with Crippen molar-refractivity contribution in [3.05, 3.63) is 41.8 Å². The molecule has 4 aromatic rings. The van der Waals surface area contributed by atoms with Crippen LogP contribution in [0.4, 0.5) is 21.6 Å². The predicted molar refractivity (Wildman–Crippen MR) is 124 cm³/mol. The minimum Gasteiger partial charge on any atom is -0.467 e. The molecule has 2 aromatic carbocycles. The number of piperazine rings is 1. The molecule has 1 aliphatic rings. The quantitative estimate of drug-likeness (QED) is 0.431. The van der Waals surface area contributed by atoms with E-state index in [1.165, 1.54) is 17.9 Å². The second-order valence-electron chi connectivity index (χ2n) is 7.81. The maximum Gasteiger partial charge on any atom is 0.316 e. The number of methoxy groups -OCH3 is 1. The first-order valence-electron chi connectivity index (χ1n) is 10.5. The fraction of sp³-hybridized carbons (Fsp3) is 0.273. The largest absolute Gasteiger partial charge is 0.467 e. The van der Waals surface area contributed by atoms with Gasteiger partial charge in [-0.25, -0.2) is 9.37 Å². The van der Waals surface area contributed by atoms with Crippen LogP contribution < -0.4 is 26.0 Å². The second-order valence-corrected chi connectivity index (χ2v) is 7.81. The van der Waals surface area contributed by atoms with Crippen molar-refractivity contribution in [1.29, 1.82) is 0 Å². The van der Waals surface area contributed by atoms with E-state index in [2.05, 4.69) is 30.6 Å². The SMILES string of the molecule is COc1ncc2c(N3CCNCC3)ccc(C(=O)Nc3cc(F)c4nn(C)c(N)c4c3)c2n1. The number of amides is 1. The zero-order valence-corrected chi connectivity index (χ0v) is 18.2. The molecule has 170 valence electrons. The number of nitrogens with one attached hydrogen (secondary N) is 2. The van der Waals surface area contributed by atoms with Crippen LogP contribution in [0.15, 0.2) is 30.5 Å². The Morgan fingerprint density at radius 1 is 1.21 bits per heavy atom. The zero-order chi connectivity index (χ0) is 23.1. The number of hydrogen-bond acceptors (Lipinski definition) is 8. The summed E-state index contributed by atoms with van der Waals surface area (Å²) in [6.07, 6.45) is 1.66. The Balaban J connectivity index is 1.56. The number of carbonyl (C=O) groups is 1. The van der Waals surface area contributed by atoms with Gasteiger partial charge in [-0.05, 0) is 24.3 Å². The summed E-state index contributed by atoms with van der Waals surface area (Å²) in [7, 11) is 3.10. The van der Waals surface area contributed by atoms with Crippen molar-refractivity contribution in [2.45, 2.75) is 0 Å². The van der Waals surface area contributed by atoms with E-state index in [1.54, 1.807) is 25.4 Å². The topological polar surface area (TPSA) is 123 Å². The van der Waals surface area contributed by atoms with Crippen LogP contribution in [-0.2, 0) is 7.05 Å². The number of anilines is 3. The summed E-state index contributed by atoms with van der Waals surface area (Å²) >= 11 is 0. The number of rotatable bonds is 4. The summed E-state index contributed by atoms with van der Waals surface area (Å²) in [5.41, 5.74) is 8.14. The summed E-state index contributed by atoms with van der Waals surface area (Å²) in [6, 6.07) is 6.59. The lowest BCUT2D eigenvalue weighted by molar-refractivity contribution is 0.102. The van der Waals surface area contributed by atoms with Crippen molar-refractivity contribution in [2.75, 3.05) is 49.2 Å². The van der Waals surface area contributed by atoms with Gasteiger partial charge in [0.15, 0.2) is 5.82 Å². The van der Waals surface area contributed by atoms with E-state index in [0.717, 1.165) is 37.3 Å². The van der Waals surface area contributed by atoms with Gasteiger partial charge in [-0.15, -0.1) is 0 Å². The van der Waals surface area contributed by atoms with E-state index in [1.807, 2.05) is 6.07 Å². The lowest BCUT2D eigenvalue weighted by Gasteiger charge is -2.30. The van der Waals surface area contributed by atoms with Crippen molar-refractivity contribution < 1.29 is 13.9 Å². The Bertz CT molecular complexity index is 1380. The van der Waals surface area contributed by atoms with Gasteiger partial charge in [-0.3, -0.25) is 9.48 Å². The van der Waals surface area contributed by atoms with Crippen molar-refractivity contribution in [3.8, 4) is 6.01 Å². The third-order valence-corrected chi connectivity index (χ3v) is 5.79. The highest BCUT2D eigenvalue weighted by atomic mass is 19.1. The number of nitrogens with zero attached hydrogens (tertiary/aromatic N) is 5. The van der Waals surface area contributed by atoms with Gasteiger partial charge in [0.05, 0.1) is 18.2 Å². The van der Waals surface area contributed by atoms with Crippen LogP contribution in [-0.4, -0.2) is 58.9 Å². The molecule has 10 nitrogen and oxygen atoms in total. The number of ether oxygens (including phenoxy) is 1. The monoisotopic (exact) mass is 450 g/mol. The Labute approximate surface area is 188 Å². The molecule has 1 amide bonds. The van der Waals surface area contributed by atoms with Gasteiger partial charge in [-0.2, -0.15) is 10.1 Å². The minimum atomic E-state index is -0.571. The normalized spacial score (nSPS) is 14.1. The van der Waals surface area contributed by atoms with Crippen molar-refractivity contribution in [1.82, 2.24) is 25.1 Å². The Morgan fingerprint density at radius 3 is 2.76 bits per heavy atom. The minimum absolute atomic E-state index is 0.149. The van der Waals surface area contributed by atoms with Crippen LogP contribution in [0.2, 0.25) is 0 Å². The van der Waals surface area contributed by atoms with E-state index in [9.17, 15) is 9.18 Å². The molecule has 11 heteroatoms. The highest BCUT2D eigenvalue weighted by molar-refractivity contribution is 6.14. The van der Waals surface area contributed by atoms with Gasteiger partial charge in [0.2, 0.25) is 0 Å². The molecule has 0 unspecified atom stereocenters. The van der Waals surface area contributed by atoms with Gasteiger partial charge in [-0.1, -0.05) is 0 Å². The van der Waals surface area contributed by atoms with Crippen molar-refractivity contribution in [2.24, 2.45) is 7.05 Å². The molecule has 5 rings (SSSR count). The predicted octanol–water partition coefficient (Wildman–Crippen LogP) is 1.91. The fourth-order valence-electron chi connectivity index (χ4n) is 4.10. The zero-order valence-electron chi connectivity index (χ0n) is 18.2. The average Bonchev–Trinajstić information content (AvgIpc) is 3.12. The molecule has 2 aromatic heterocycles. The van der Waals surface area contributed by atoms with E-state index in [0.29, 0.717) is 22.3 Å². The summed E-state index contributed by atoms with van der Waals surface area (Å²) in [6.45, 7) is 3.40. The fourth-order valence-corrected chi connectivity index (χ4v) is 4.10. The van der Waals surface area contributed by atoms with Gasteiger partial charge in [0, 0.05) is 61.6 Å². The van der Waals surface area contributed by atoms with Crippen LogP contribution in [0.3, 0.4) is 0 Å². The number of carbonyl (C=O) groups excluding carboxylic acids is 1. The lowest BCUT2D eigenvalue weighted by Crippen LogP contribution is -2.43. The van der Waals surface area contributed by atoms with E-state index in [-0.39, 0.29) is 17.2 Å². The summed E-state index contributed by atoms with van der Waals surface area (Å²) < 4.78 is 21.2. The maximum absolute atomic E-state index is 14.6. The first-order chi connectivity index (χ1) is 16.0. The number of halogens is 1. The third kappa shape index (κ3) is 3.65. The first-order valence-corrected chi connectivity index (χ1v) is 10.5. The molecule has 1 fully saturated rings. The molecular formula is C22H23FN8O2. The molecule has 0 spiro atoms. The number of aromatic nitrogens is 4. The number of aryl methyl sites for hydroxylation is 1. The molecule has 33 heavy (non-hydrogen) atoms. The van der Waals surface area contributed by atoms with Crippen LogP contribution in [0.25, 0.3) is 21.8 Å². The summed E-state index contributed by atoms with van der Waals surface area (Å²) in [5.74, 6) is -0.699. The molecule has 0 radical (unpaired) electrons. The highest BCUT2D eigenvalue weighted by Crippen LogP contribution is 2.31. The molecule has 1 saturated heterocycles. The van der Waals surface area contributed by atoms with Crippen LogP contribution in [0.1, 0.15) is 10.4 Å². The van der Waals surface area contributed by atoms with Crippen molar-refractivity contribution >= 4 is 44.9 Å². The van der Waals surface area contributed by atoms with Crippen LogP contribution in [0, 0.1) is 5.82 Å². The Morgan fingerprint density at radius 2 is 2.00 bits per heavy atom. The maximum atomic E-state index is 14.6. The van der Waals surface area contributed by atoms with Gasteiger partial charge >= 0.3 is 6.01 Å². The number of nitrogen functional groups attached to an aromatic ring is 1. The number of hydrogen-bond donors (Lipinski definition) is 3. The molecule has 4 N–H and O–H groups in total. The van der Waals surface area contributed by atoms with Gasteiger partial charge < -0.3 is 26.0 Å². The third-order valence-electron chi connectivity index (χ3n) is 5.79. The summed E-state index contributed by atoms with van der Waals surface area (Å²) in [5, 5.41) is 11.3. The molecule has 0 aliphatic carbocycles. The smallest absolute Gasteiger partial charge is 0.316 e. The van der Waals surface area contributed by atoms with Crippen molar-refractivity contribution in [3.63, 3.8) is 0 Å². The van der Waals surface area contributed by atoms with Crippen LogP contribution >= 0.6 is 0 Å². The molecule has 0 bridgehead atoms. The molecule has 1 aliphatic heterocycles. The second kappa shape index (κ2) is 8.17. The lowest BCUT2D eigenvalue weighted by atomic mass is 10.1. The first kappa shape index (κ1) is 20.9. The molecule has 0 saturated carbocycles. The van der Waals surface area contributed by atoms with Crippen LogP contribution in [0.5, 0.6) is 6.01 Å². The molecular weight excluding hydrogens is 427 g/mol. The molecule has 0 atom stereocenters. The van der Waals surface area contributed by atoms with Gasteiger partial charge in [0.25, 0.3) is 5.91 Å². The standard InChI is InChI=1S/C22H23FN8O2/c1-30-20(24)14-9-12(10-16(23)19(14)29-30)27-21(32)13-3-4-17(31-7-5-25-6-8-31)15-11-26-22(33-2)28-18(13)15/h3-4,9-11,25H,5-8,24H2,1-2H3,(H,27,32). The van der Waals surface area contributed by atoms with E-state index < -0.39 is 11.7 Å². The van der Waals surface area contributed by atoms with E-state index in [4.69, 9.17) is 10.5 Å². The number of nitrogens with two attached hydrogens (primary N) is 1.